The molecule has 0 aliphatic heterocycles. The Kier molecular flexibility index (Phi) is 2.38. The van der Waals surface area contributed by atoms with Crippen LogP contribution in [0.25, 0.3) is 22.4 Å². The minimum Gasteiger partial charge on any atom is -0.478 e. The van der Waals surface area contributed by atoms with Gasteiger partial charge in [0, 0.05) is 6.20 Å². The van der Waals surface area contributed by atoms with E-state index in [0.29, 0.717) is 11.4 Å². The van der Waals surface area contributed by atoms with Crippen LogP contribution in [0.3, 0.4) is 0 Å². The quantitative estimate of drug-likeness (QED) is 0.633. The summed E-state index contributed by atoms with van der Waals surface area (Å²) in [4.78, 5) is 31.1. The molecule has 0 aliphatic carbocycles. The van der Waals surface area contributed by atoms with Crippen molar-refractivity contribution in [2.24, 2.45) is 0 Å². The number of nitrogens with one attached hydrogen (secondary N) is 2. The van der Waals surface area contributed by atoms with Gasteiger partial charge in [0.05, 0.1) is 22.3 Å². The van der Waals surface area contributed by atoms with Crippen molar-refractivity contribution in [3.63, 3.8) is 0 Å². The predicted molar refractivity (Wildman–Crippen MR) is 66.9 cm³/mol. The normalized spacial score (nSPS) is 10.7. The summed E-state index contributed by atoms with van der Waals surface area (Å²) in [5, 5.41) is 14.1. The topological polar surface area (TPSA) is 112 Å². The number of H-pyrrole nitrogens is 2. The van der Waals surface area contributed by atoms with Gasteiger partial charge in [0.1, 0.15) is 0 Å². The van der Waals surface area contributed by atoms with Crippen LogP contribution in [0.1, 0.15) is 10.4 Å². The van der Waals surface area contributed by atoms with Gasteiger partial charge in [-0.2, -0.15) is 0 Å². The van der Waals surface area contributed by atoms with Crippen LogP contribution in [-0.4, -0.2) is 31.2 Å². The summed E-state index contributed by atoms with van der Waals surface area (Å²) in [6.45, 7) is 0. The molecule has 0 radical (unpaired) electrons. The molecule has 0 saturated carbocycles. The molecule has 0 spiro atoms. The summed E-state index contributed by atoms with van der Waals surface area (Å²) in [5.74, 6) is -1.19. The van der Waals surface area contributed by atoms with E-state index in [9.17, 15) is 14.7 Å². The summed E-state index contributed by atoms with van der Waals surface area (Å²) >= 11 is 0. The zero-order valence-electron chi connectivity index (χ0n) is 9.54. The Hall–Kier alpha value is -2.96. The monoisotopic (exact) mass is 256 g/mol. The number of rotatable bonds is 2. The molecular formula is C12H8N4O3. The van der Waals surface area contributed by atoms with Crippen molar-refractivity contribution in [3.05, 3.63) is 46.4 Å². The third kappa shape index (κ3) is 1.77. The molecule has 0 bridgehead atoms. The van der Waals surface area contributed by atoms with Crippen LogP contribution in [0.15, 0.2) is 35.3 Å². The van der Waals surface area contributed by atoms with Crippen LogP contribution >= 0.6 is 0 Å². The molecule has 3 aromatic rings. The standard InChI is InChI=1S/C12H8N4O3/c17-11-9-6(12(18)19)5-8(14-10(9)15-16-11)7-3-1-2-4-13-7/h1-5H,(H,18,19)(H2,14,15,16,17). The predicted octanol–water partition coefficient (Wildman–Crippen LogP) is 1.01. The van der Waals surface area contributed by atoms with Gasteiger partial charge < -0.3 is 5.11 Å². The van der Waals surface area contributed by atoms with Gasteiger partial charge in [-0.1, -0.05) is 6.07 Å². The van der Waals surface area contributed by atoms with Crippen LogP contribution in [0, 0.1) is 0 Å². The zero-order valence-corrected chi connectivity index (χ0v) is 9.54. The van der Waals surface area contributed by atoms with E-state index in [1.54, 1.807) is 24.4 Å². The van der Waals surface area contributed by atoms with Crippen LogP contribution in [-0.2, 0) is 0 Å². The Morgan fingerprint density at radius 3 is 2.74 bits per heavy atom. The highest BCUT2D eigenvalue weighted by Crippen LogP contribution is 2.20. The van der Waals surface area contributed by atoms with Crippen LogP contribution in [0.5, 0.6) is 0 Å². The first-order valence-electron chi connectivity index (χ1n) is 5.43. The van der Waals surface area contributed by atoms with Gasteiger partial charge in [-0.25, -0.2) is 9.78 Å². The molecule has 3 heterocycles. The second-order valence-corrected chi connectivity index (χ2v) is 3.88. The Bertz CT molecular complexity index is 820. The number of nitrogens with zero attached hydrogens (tertiary/aromatic N) is 2. The van der Waals surface area contributed by atoms with Gasteiger partial charge >= 0.3 is 5.97 Å². The highest BCUT2D eigenvalue weighted by molar-refractivity contribution is 6.02. The molecule has 0 fully saturated rings. The number of aromatic amines is 2. The van der Waals surface area contributed by atoms with E-state index in [1.807, 2.05) is 0 Å². The molecule has 3 rings (SSSR count). The Balaban J connectivity index is 2.35. The fraction of sp³-hybridized carbons (Fsp3) is 0. The largest absolute Gasteiger partial charge is 0.478 e. The number of hydrogen-bond acceptors (Lipinski definition) is 4. The lowest BCUT2D eigenvalue weighted by Gasteiger charge is -2.02. The van der Waals surface area contributed by atoms with Gasteiger partial charge in [-0.15, -0.1) is 0 Å². The van der Waals surface area contributed by atoms with Crippen molar-refractivity contribution in [2.45, 2.75) is 0 Å². The average molecular weight is 256 g/mol. The maximum atomic E-state index is 11.5. The molecule has 7 nitrogen and oxygen atoms in total. The Morgan fingerprint density at radius 2 is 2.05 bits per heavy atom. The van der Waals surface area contributed by atoms with Gasteiger partial charge in [-0.05, 0) is 18.2 Å². The average Bonchev–Trinajstić information content (AvgIpc) is 2.80. The van der Waals surface area contributed by atoms with Crippen molar-refractivity contribution >= 4 is 17.0 Å². The van der Waals surface area contributed by atoms with E-state index >= 15 is 0 Å². The molecule has 0 amide bonds. The fourth-order valence-electron chi connectivity index (χ4n) is 1.86. The number of fused-ring (bicyclic) bond motifs is 1. The number of aromatic nitrogens is 4. The van der Waals surface area contributed by atoms with Crippen molar-refractivity contribution in [2.75, 3.05) is 0 Å². The van der Waals surface area contributed by atoms with Crippen LogP contribution in [0.4, 0.5) is 0 Å². The first kappa shape index (κ1) is 11.1. The number of carboxylic acids is 1. The first-order valence-corrected chi connectivity index (χ1v) is 5.43. The van der Waals surface area contributed by atoms with E-state index < -0.39 is 11.5 Å². The minimum atomic E-state index is -1.19. The summed E-state index contributed by atoms with van der Waals surface area (Å²) < 4.78 is 0. The molecule has 3 N–H and O–H groups in total. The Morgan fingerprint density at radius 1 is 1.21 bits per heavy atom. The summed E-state index contributed by atoms with van der Waals surface area (Å²) in [6, 6.07) is 6.58. The second kappa shape index (κ2) is 4.05. The van der Waals surface area contributed by atoms with E-state index in [1.165, 1.54) is 6.07 Å². The van der Waals surface area contributed by atoms with E-state index in [0.717, 1.165) is 0 Å². The number of hydrogen-bond donors (Lipinski definition) is 3. The van der Waals surface area contributed by atoms with Crippen molar-refractivity contribution in [1.82, 2.24) is 20.2 Å². The molecule has 0 aromatic carbocycles. The molecule has 7 heteroatoms. The highest BCUT2D eigenvalue weighted by Gasteiger charge is 2.17. The van der Waals surface area contributed by atoms with Crippen LogP contribution < -0.4 is 5.56 Å². The summed E-state index contributed by atoms with van der Waals surface area (Å²) in [6.07, 6.45) is 1.58. The molecule has 0 unspecified atom stereocenters. The molecule has 0 aliphatic rings. The molecule has 0 atom stereocenters. The number of pyridine rings is 2. The zero-order chi connectivity index (χ0) is 13.4. The Labute approximate surface area is 105 Å². The molecule has 94 valence electrons. The van der Waals surface area contributed by atoms with Gasteiger partial charge in [-0.3, -0.25) is 20.0 Å². The molecule has 3 aromatic heterocycles. The second-order valence-electron chi connectivity index (χ2n) is 3.88. The summed E-state index contributed by atoms with van der Waals surface area (Å²) in [5.41, 5.74) is 0.515. The molecule has 19 heavy (non-hydrogen) atoms. The maximum absolute atomic E-state index is 11.5. The van der Waals surface area contributed by atoms with Crippen molar-refractivity contribution in [1.29, 1.82) is 0 Å². The first-order chi connectivity index (χ1) is 9.16. The number of carboxylic acid groups (broad SMARTS) is 1. The molecule has 0 saturated heterocycles. The lowest BCUT2D eigenvalue weighted by molar-refractivity contribution is 0.0699. The lowest BCUT2D eigenvalue weighted by atomic mass is 10.1. The number of aromatic carboxylic acids is 1. The van der Waals surface area contributed by atoms with E-state index in [2.05, 4.69) is 20.2 Å². The van der Waals surface area contributed by atoms with Crippen molar-refractivity contribution in [3.8, 4) is 11.4 Å². The van der Waals surface area contributed by atoms with Gasteiger partial charge in [0.2, 0.25) is 0 Å². The third-order valence-electron chi connectivity index (χ3n) is 2.70. The fourth-order valence-corrected chi connectivity index (χ4v) is 1.86. The lowest BCUT2D eigenvalue weighted by Crippen LogP contribution is -2.06. The third-order valence-corrected chi connectivity index (χ3v) is 2.70. The maximum Gasteiger partial charge on any atom is 0.336 e. The van der Waals surface area contributed by atoms with Gasteiger partial charge in [0.25, 0.3) is 5.56 Å². The number of carbonyl (C=O) groups is 1. The molecular weight excluding hydrogens is 248 g/mol. The van der Waals surface area contributed by atoms with Crippen molar-refractivity contribution < 1.29 is 9.90 Å². The van der Waals surface area contributed by atoms with E-state index in [4.69, 9.17) is 0 Å². The van der Waals surface area contributed by atoms with Crippen LogP contribution in [0.2, 0.25) is 0 Å². The minimum absolute atomic E-state index is 0.0344. The smallest absolute Gasteiger partial charge is 0.336 e. The highest BCUT2D eigenvalue weighted by atomic mass is 16.4. The van der Waals surface area contributed by atoms with Gasteiger partial charge in [0.15, 0.2) is 5.65 Å². The van der Waals surface area contributed by atoms with E-state index in [-0.39, 0.29) is 16.6 Å². The summed E-state index contributed by atoms with van der Waals surface area (Å²) in [7, 11) is 0. The SMILES string of the molecule is O=C(O)c1cc(-c2ccccn2)nc2[nH][nH]c(=O)c12.